The Kier molecular flexibility index (Phi) is 6.10. The molecule has 7 heteroatoms. The summed E-state index contributed by atoms with van der Waals surface area (Å²) in [7, 11) is 5.47. The van der Waals surface area contributed by atoms with Crippen molar-refractivity contribution in [1.29, 1.82) is 0 Å². The monoisotopic (exact) mass is 297 g/mol. The van der Waals surface area contributed by atoms with Crippen molar-refractivity contribution in [3.8, 4) is 0 Å². The Labute approximate surface area is 123 Å². The van der Waals surface area contributed by atoms with E-state index in [9.17, 15) is 14.0 Å². The minimum atomic E-state index is -1.42. The van der Waals surface area contributed by atoms with E-state index in [1.807, 2.05) is 19.0 Å². The zero-order valence-electron chi connectivity index (χ0n) is 12.4. The summed E-state index contributed by atoms with van der Waals surface area (Å²) in [6.45, 7) is 1.35. The molecule has 116 valence electrons. The van der Waals surface area contributed by atoms with Crippen LogP contribution in [0.2, 0.25) is 0 Å². The van der Waals surface area contributed by atoms with Gasteiger partial charge in [-0.15, -0.1) is 0 Å². The molecule has 0 aliphatic heterocycles. The van der Waals surface area contributed by atoms with E-state index in [4.69, 9.17) is 5.11 Å². The van der Waals surface area contributed by atoms with Gasteiger partial charge in [-0.05, 0) is 39.2 Å². The molecule has 0 saturated carbocycles. The molecule has 0 aromatic heterocycles. The van der Waals surface area contributed by atoms with E-state index < -0.39 is 23.4 Å². The molecule has 0 spiro atoms. The largest absolute Gasteiger partial charge is 0.478 e. The van der Waals surface area contributed by atoms with Gasteiger partial charge in [0.15, 0.2) is 0 Å². The van der Waals surface area contributed by atoms with E-state index in [0.29, 0.717) is 6.54 Å². The lowest BCUT2D eigenvalue weighted by Crippen LogP contribution is -2.34. The lowest BCUT2D eigenvalue weighted by Gasteiger charge is -2.19. The molecule has 0 unspecified atom stereocenters. The smallest absolute Gasteiger partial charge is 0.340 e. The van der Waals surface area contributed by atoms with Gasteiger partial charge in [0.1, 0.15) is 11.4 Å². The van der Waals surface area contributed by atoms with Gasteiger partial charge >= 0.3 is 12.0 Å². The molecule has 6 nitrogen and oxygen atoms in total. The molecular weight excluding hydrogens is 277 g/mol. The zero-order chi connectivity index (χ0) is 16.0. The number of nitrogens with one attached hydrogen (secondary N) is 1. The molecule has 1 aromatic rings. The van der Waals surface area contributed by atoms with Crippen LogP contribution in [0.4, 0.5) is 14.9 Å². The van der Waals surface area contributed by atoms with Gasteiger partial charge in [-0.3, -0.25) is 0 Å². The summed E-state index contributed by atoms with van der Waals surface area (Å²) >= 11 is 0. The van der Waals surface area contributed by atoms with Gasteiger partial charge < -0.3 is 20.2 Å². The highest BCUT2D eigenvalue weighted by molar-refractivity contribution is 6.00. The van der Waals surface area contributed by atoms with E-state index in [1.54, 1.807) is 7.05 Å². The number of anilines is 1. The van der Waals surface area contributed by atoms with Crippen molar-refractivity contribution >= 4 is 17.7 Å². The van der Waals surface area contributed by atoms with Crippen LogP contribution < -0.4 is 5.32 Å². The fourth-order valence-electron chi connectivity index (χ4n) is 1.78. The number of carboxylic acids is 1. The molecule has 0 radical (unpaired) electrons. The Morgan fingerprint density at radius 1 is 1.24 bits per heavy atom. The van der Waals surface area contributed by atoms with Crippen LogP contribution in [0.5, 0.6) is 0 Å². The average Bonchev–Trinajstić information content (AvgIpc) is 2.37. The molecule has 0 fully saturated rings. The maximum Gasteiger partial charge on any atom is 0.340 e. The summed E-state index contributed by atoms with van der Waals surface area (Å²) in [4.78, 5) is 26.4. The average molecular weight is 297 g/mol. The predicted molar refractivity (Wildman–Crippen MR) is 78.2 cm³/mol. The predicted octanol–water partition coefficient (Wildman–Crippen LogP) is 1.94. The highest BCUT2D eigenvalue weighted by Gasteiger charge is 2.18. The normalized spacial score (nSPS) is 10.5. The number of rotatable bonds is 6. The second kappa shape index (κ2) is 7.58. The highest BCUT2D eigenvalue weighted by Crippen LogP contribution is 2.19. The first-order valence-electron chi connectivity index (χ1n) is 6.51. The van der Waals surface area contributed by atoms with Crippen molar-refractivity contribution in [2.75, 3.05) is 39.5 Å². The van der Waals surface area contributed by atoms with Gasteiger partial charge in [-0.2, -0.15) is 0 Å². The molecule has 1 aromatic carbocycles. The molecule has 0 heterocycles. The number of carbonyl (C=O) groups excluding carboxylic acids is 1. The van der Waals surface area contributed by atoms with Gasteiger partial charge in [0, 0.05) is 13.6 Å². The SMILES string of the molecule is CN(C)CCCN(C)C(=O)Nc1cccc(F)c1C(=O)O. The van der Waals surface area contributed by atoms with Crippen molar-refractivity contribution < 1.29 is 19.1 Å². The molecule has 0 aliphatic carbocycles. The van der Waals surface area contributed by atoms with Crippen molar-refractivity contribution in [1.82, 2.24) is 9.80 Å². The van der Waals surface area contributed by atoms with Crippen LogP contribution in [0.25, 0.3) is 0 Å². The lowest BCUT2D eigenvalue weighted by atomic mass is 10.1. The maximum atomic E-state index is 13.5. The Bertz CT molecular complexity index is 520. The first-order valence-corrected chi connectivity index (χ1v) is 6.51. The number of urea groups is 1. The standard InChI is InChI=1S/C14H20FN3O3/c1-17(2)8-5-9-18(3)14(21)16-11-7-4-6-10(15)12(11)13(19)20/h4,6-7H,5,8-9H2,1-3H3,(H,16,21)(H,19,20). The number of carboxylic acid groups (broad SMARTS) is 1. The molecule has 0 saturated heterocycles. The topological polar surface area (TPSA) is 72.9 Å². The Morgan fingerprint density at radius 3 is 2.48 bits per heavy atom. The highest BCUT2D eigenvalue weighted by atomic mass is 19.1. The van der Waals surface area contributed by atoms with E-state index in [2.05, 4.69) is 5.32 Å². The third-order valence-corrected chi connectivity index (χ3v) is 2.91. The van der Waals surface area contributed by atoms with Gasteiger partial charge in [0.05, 0.1) is 5.69 Å². The molecule has 21 heavy (non-hydrogen) atoms. The number of amides is 2. The lowest BCUT2D eigenvalue weighted by molar-refractivity contribution is 0.0693. The minimum Gasteiger partial charge on any atom is -0.478 e. The van der Waals surface area contributed by atoms with Crippen molar-refractivity contribution in [3.05, 3.63) is 29.6 Å². The van der Waals surface area contributed by atoms with Crippen LogP contribution in [-0.2, 0) is 0 Å². The second-order valence-electron chi connectivity index (χ2n) is 4.98. The molecule has 0 aliphatic rings. The zero-order valence-corrected chi connectivity index (χ0v) is 12.4. The Morgan fingerprint density at radius 2 is 1.90 bits per heavy atom. The summed E-state index contributed by atoms with van der Waals surface area (Å²) < 4.78 is 13.5. The summed E-state index contributed by atoms with van der Waals surface area (Å²) in [5.74, 6) is -2.30. The van der Waals surface area contributed by atoms with Gasteiger partial charge in [0.25, 0.3) is 0 Å². The van der Waals surface area contributed by atoms with Crippen LogP contribution in [0.3, 0.4) is 0 Å². The molecule has 0 bridgehead atoms. The first-order chi connectivity index (χ1) is 9.82. The molecule has 1 rings (SSSR count). The quantitative estimate of drug-likeness (QED) is 0.841. The number of nitrogens with zero attached hydrogens (tertiary/aromatic N) is 2. The van der Waals surface area contributed by atoms with Crippen LogP contribution in [0.1, 0.15) is 16.8 Å². The Hall–Kier alpha value is -2.15. The van der Waals surface area contributed by atoms with Crippen LogP contribution in [-0.4, -0.2) is 61.1 Å². The van der Waals surface area contributed by atoms with Crippen molar-refractivity contribution in [2.24, 2.45) is 0 Å². The van der Waals surface area contributed by atoms with E-state index >= 15 is 0 Å². The second-order valence-corrected chi connectivity index (χ2v) is 4.98. The number of hydrogen-bond acceptors (Lipinski definition) is 3. The van der Waals surface area contributed by atoms with Crippen LogP contribution in [0, 0.1) is 5.82 Å². The van der Waals surface area contributed by atoms with Gasteiger partial charge in [-0.1, -0.05) is 6.07 Å². The number of halogens is 1. The third kappa shape index (κ3) is 5.03. The van der Waals surface area contributed by atoms with Gasteiger partial charge in [0.2, 0.25) is 0 Å². The third-order valence-electron chi connectivity index (χ3n) is 2.91. The number of hydrogen-bond donors (Lipinski definition) is 2. The van der Waals surface area contributed by atoms with E-state index in [-0.39, 0.29) is 5.69 Å². The van der Waals surface area contributed by atoms with Crippen LogP contribution >= 0.6 is 0 Å². The fourth-order valence-corrected chi connectivity index (χ4v) is 1.78. The van der Waals surface area contributed by atoms with Crippen molar-refractivity contribution in [3.63, 3.8) is 0 Å². The number of carbonyl (C=O) groups is 2. The molecule has 2 amide bonds. The first kappa shape index (κ1) is 16.9. The van der Waals surface area contributed by atoms with Crippen LogP contribution in [0.15, 0.2) is 18.2 Å². The summed E-state index contributed by atoms with van der Waals surface area (Å²) in [5, 5.41) is 11.4. The van der Waals surface area contributed by atoms with E-state index in [0.717, 1.165) is 19.0 Å². The van der Waals surface area contributed by atoms with Gasteiger partial charge in [-0.25, -0.2) is 14.0 Å². The molecular formula is C14H20FN3O3. The molecule has 0 atom stereocenters. The summed E-state index contributed by atoms with van der Waals surface area (Å²) in [6.07, 6.45) is 0.784. The van der Waals surface area contributed by atoms with Crippen molar-refractivity contribution in [2.45, 2.75) is 6.42 Å². The summed E-state index contributed by atoms with van der Waals surface area (Å²) in [5.41, 5.74) is -0.584. The molecule has 2 N–H and O–H groups in total. The maximum absolute atomic E-state index is 13.5. The number of aromatic carboxylic acids is 1. The Balaban J connectivity index is 2.70. The number of benzene rings is 1. The summed E-state index contributed by atoms with van der Waals surface area (Å²) in [6, 6.07) is 3.28. The minimum absolute atomic E-state index is 0.0491. The fraction of sp³-hybridized carbons (Fsp3) is 0.429. The van der Waals surface area contributed by atoms with E-state index in [1.165, 1.54) is 17.0 Å².